The molecule has 2 rings (SSSR count). The zero-order valence-electron chi connectivity index (χ0n) is 8.09. The average Bonchev–Trinajstić information content (AvgIpc) is 2.70. The lowest BCUT2D eigenvalue weighted by molar-refractivity contribution is 0.383. The lowest BCUT2D eigenvalue weighted by Crippen LogP contribution is -2.14. The Hall–Kier alpha value is -1.16. The topological polar surface area (TPSA) is 34.1 Å². The molecule has 0 spiro atoms. The van der Waals surface area contributed by atoms with Gasteiger partial charge < -0.3 is 10.1 Å². The first kappa shape index (κ1) is 9.40. The van der Waals surface area contributed by atoms with Crippen LogP contribution in [0.3, 0.4) is 0 Å². The van der Waals surface area contributed by atoms with E-state index in [0.717, 1.165) is 24.9 Å². The van der Waals surface area contributed by atoms with E-state index in [-0.39, 0.29) is 11.9 Å². The Kier molecular flexibility index (Phi) is 2.63. The fourth-order valence-electron chi connectivity index (χ4n) is 1.81. The summed E-state index contributed by atoms with van der Waals surface area (Å²) in [6.45, 7) is 0.977. The van der Waals surface area contributed by atoms with E-state index in [1.807, 2.05) is 0 Å². The van der Waals surface area contributed by atoms with Gasteiger partial charge in [0.15, 0.2) is 0 Å². The Morgan fingerprint density at radius 3 is 3.14 bits per heavy atom. The molecule has 0 bridgehead atoms. The van der Waals surface area contributed by atoms with Gasteiger partial charge in [-0.15, -0.1) is 0 Å². The molecule has 1 N–H and O–H groups in total. The number of hydrogen-bond acceptors (Lipinski definition) is 3. The molecular formula is C10H13FN2O. The lowest BCUT2D eigenvalue weighted by Gasteiger charge is -2.13. The molecule has 76 valence electrons. The summed E-state index contributed by atoms with van der Waals surface area (Å²) in [4.78, 5) is 3.90. The van der Waals surface area contributed by atoms with Gasteiger partial charge >= 0.3 is 0 Å². The van der Waals surface area contributed by atoms with Crippen LogP contribution in [0.15, 0.2) is 12.3 Å². The highest BCUT2D eigenvalue weighted by atomic mass is 19.1. The normalized spacial score (nSPS) is 21.1. The highest BCUT2D eigenvalue weighted by molar-refractivity contribution is 5.30. The Morgan fingerprint density at radius 1 is 1.64 bits per heavy atom. The largest absolute Gasteiger partial charge is 0.481 e. The molecule has 14 heavy (non-hydrogen) atoms. The van der Waals surface area contributed by atoms with Gasteiger partial charge in [0.1, 0.15) is 5.82 Å². The number of rotatable bonds is 2. The molecule has 0 aliphatic carbocycles. The highest BCUT2D eigenvalue weighted by Gasteiger charge is 2.21. The number of pyridine rings is 1. The van der Waals surface area contributed by atoms with Gasteiger partial charge in [0.05, 0.1) is 13.3 Å². The van der Waals surface area contributed by atoms with Crippen LogP contribution < -0.4 is 10.1 Å². The van der Waals surface area contributed by atoms with Crippen molar-refractivity contribution in [3.8, 4) is 5.88 Å². The van der Waals surface area contributed by atoms with Crippen molar-refractivity contribution in [2.24, 2.45) is 0 Å². The molecule has 0 saturated carbocycles. The Bertz CT molecular complexity index is 324. The molecular weight excluding hydrogens is 183 g/mol. The molecule has 1 aromatic rings. The maximum absolute atomic E-state index is 13.0. The summed E-state index contributed by atoms with van der Waals surface area (Å²) in [5, 5.41) is 3.29. The first-order valence-corrected chi connectivity index (χ1v) is 4.74. The molecule has 2 heterocycles. The number of nitrogens with zero attached hydrogens (tertiary/aromatic N) is 1. The van der Waals surface area contributed by atoms with Crippen molar-refractivity contribution in [2.75, 3.05) is 13.7 Å². The third kappa shape index (κ3) is 1.70. The van der Waals surface area contributed by atoms with Gasteiger partial charge in [-0.2, -0.15) is 0 Å². The fraction of sp³-hybridized carbons (Fsp3) is 0.500. The van der Waals surface area contributed by atoms with Gasteiger partial charge in [0, 0.05) is 11.6 Å². The molecule has 1 saturated heterocycles. The predicted molar refractivity (Wildman–Crippen MR) is 50.7 cm³/mol. The molecule has 1 aliphatic rings. The van der Waals surface area contributed by atoms with Crippen molar-refractivity contribution in [2.45, 2.75) is 18.9 Å². The van der Waals surface area contributed by atoms with Crippen molar-refractivity contribution in [1.82, 2.24) is 10.3 Å². The molecule has 1 aliphatic heterocycles. The minimum Gasteiger partial charge on any atom is -0.481 e. The highest BCUT2D eigenvalue weighted by Crippen LogP contribution is 2.29. The second-order valence-corrected chi connectivity index (χ2v) is 3.40. The fourth-order valence-corrected chi connectivity index (χ4v) is 1.81. The van der Waals surface area contributed by atoms with E-state index in [0.29, 0.717) is 5.88 Å². The zero-order chi connectivity index (χ0) is 9.97. The molecule has 0 amide bonds. The molecule has 0 unspecified atom stereocenters. The van der Waals surface area contributed by atoms with E-state index >= 15 is 0 Å². The van der Waals surface area contributed by atoms with Crippen molar-refractivity contribution in [1.29, 1.82) is 0 Å². The van der Waals surface area contributed by atoms with Crippen LogP contribution in [0.2, 0.25) is 0 Å². The third-order valence-electron chi connectivity index (χ3n) is 2.47. The molecule has 1 aromatic heterocycles. The number of ether oxygens (including phenoxy) is 1. The van der Waals surface area contributed by atoms with Gasteiger partial charge in [-0.3, -0.25) is 0 Å². The third-order valence-corrected chi connectivity index (χ3v) is 2.47. The van der Waals surface area contributed by atoms with E-state index in [1.165, 1.54) is 12.3 Å². The first-order valence-electron chi connectivity index (χ1n) is 4.74. The van der Waals surface area contributed by atoms with E-state index in [9.17, 15) is 4.39 Å². The minimum atomic E-state index is -0.311. The van der Waals surface area contributed by atoms with E-state index < -0.39 is 0 Å². The molecule has 0 radical (unpaired) electrons. The molecule has 0 aromatic carbocycles. The summed E-state index contributed by atoms with van der Waals surface area (Å²) in [7, 11) is 1.55. The van der Waals surface area contributed by atoms with Gasteiger partial charge in [-0.25, -0.2) is 9.37 Å². The number of halogens is 1. The van der Waals surface area contributed by atoms with Gasteiger partial charge in [0.25, 0.3) is 0 Å². The van der Waals surface area contributed by atoms with E-state index in [4.69, 9.17) is 4.74 Å². The number of methoxy groups -OCH3 is 1. The molecule has 1 atom stereocenters. The van der Waals surface area contributed by atoms with Crippen LogP contribution >= 0.6 is 0 Å². The standard InChI is InChI=1S/C10H13FN2O/c1-14-10-8(5-7(11)6-13-10)9-3-2-4-12-9/h5-6,9,12H,2-4H2,1H3/t9-/m0/s1. The summed E-state index contributed by atoms with van der Waals surface area (Å²) < 4.78 is 18.1. The van der Waals surface area contributed by atoms with Crippen LogP contribution in [0.25, 0.3) is 0 Å². The second kappa shape index (κ2) is 3.92. The van der Waals surface area contributed by atoms with Crippen molar-refractivity contribution in [3.05, 3.63) is 23.6 Å². The van der Waals surface area contributed by atoms with E-state index in [2.05, 4.69) is 10.3 Å². The molecule has 4 heteroatoms. The summed E-state index contributed by atoms with van der Waals surface area (Å²) in [6.07, 6.45) is 3.31. The Labute approximate surface area is 82.3 Å². The van der Waals surface area contributed by atoms with Gasteiger partial charge in [0.2, 0.25) is 5.88 Å². The van der Waals surface area contributed by atoms with Crippen molar-refractivity contribution in [3.63, 3.8) is 0 Å². The van der Waals surface area contributed by atoms with E-state index in [1.54, 1.807) is 7.11 Å². The number of hydrogen-bond donors (Lipinski definition) is 1. The molecule has 3 nitrogen and oxygen atoms in total. The number of aromatic nitrogens is 1. The molecule has 1 fully saturated rings. The van der Waals surface area contributed by atoms with Crippen LogP contribution in [0, 0.1) is 5.82 Å². The Morgan fingerprint density at radius 2 is 2.50 bits per heavy atom. The lowest BCUT2D eigenvalue weighted by atomic mass is 10.1. The van der Waals surface area contributed by atoms with Crippen LogP contribution in [-0.2, 0) is 0 Å². The summed E-state index contributed by atoms with van der Waals surface area (Å²) in [5.74, 6) is 0.209. The summed E-state index contributed by atoms with van der Waals surface area (Å²) in [5.41, 5.74) is 0.824. The number of nitrogens with one attached hydrogen (secondary N) is 1. The van der Waals surface area contributed by atoms with Gasteiger partial charge in [-0.05, 0) is 25.5 Å². The second-order valence-electron chi connectivity index (χ2n) is 3.40. The summed E-state index contributed by atoms with van der Waals surface area (Å²) >= 11 is 0. The van der Waals surface area contributed by atoms with Crippen LogP contribution in [0.4, 0.5) is 4.39 Å². The average molecular weight is 196 g/mol. The smallest absolute Gasteiger partial charge is 0.218 e. The van der Waals surface area contributed by atoms with Crippen LogP contribution in [0.5, 0.6) is 5.88 Å². The first-order chi connectivity index (χ1) is 6.81. The van der Waals surface area contributed by atoms with Gasteiger partial charge in [-0.1, -0.05) is 0 Å². The monoisotopic (exact) mass is 196 g/mol. The quantitative estimate of drug-likeness (QED) is 0.781. The summed E-state index contributed by atoms with van der Waals surface area (Å²) in [6, 6.07) is 1.68. The zero-order valence-corrected chi connectivity index (χ0v) is 8.09. The van der Waals surface area contributed by atoms with Crippen LogP contribution in [-0.4, -0.2) is 18.6 Å². The minimum absolute atomic E-state index is 0.188. The van der Waals surface area contributed by atoms with Crippen molar-refractivity contribution < 1.29 is 9.13 Å². The van der Waals surface area contributed by atoms with Crippen LogP contribution in [0.1, 0.15) is 24.4 Å². The van der Waals surface area contributed by atoms with Crippen molar-refractivity contribution >= 4 is 0 Å². The SMILES string of the molecule is COc1ncc(F)cc1[C@@H]1CCCN1. The maximum Gasteiger partial charge on any atom is 0.218 e. The predicted octanol–water partition coefficient (Wildman–Crippen LogP) is 1.65. The maximum atomic E-state index is 13.0. The Balaban J connectivity index is 2.33.